The summed E-state index contributed by atoms with van der Waals surface area (Å²) in [4.78, 5) is 12.4. The highest BCUT2D eigenvalue weighted by molar-refractivity contribution is 7.99. The zero-order valence-electron chi connectivity index (χ0n) is 17.7. The maximum absolute atomic E-state index is 12.4. The van der Waals surface area contributed by atoms with Crippen molar-refractivity contribution >= 4 is 23.4 Å². The molecule has 1 aromatic heterocycles. The SMILES string of the molecule is C=CCn1c(SCC(=O)Nc2ccc(OCC)cc2)nnc1[C@@H](C)Oc1ccccc1. The van der Waals surface area contributed by atoms with Crippen LogP contribution < -0.4 is 14.8 Å². The average molecular weight is 439 g/mol. The summed E-state index contributed by atoms with van der Waals surface area (Å²) in [5.41, 5.74) is 0.715. The molecule has 0 radical (unpaired) electrons. The minimum atomic E-state index is -0.304. The third kappa shape index (κ3) is 6.36. The van der Waals surface area contributed by atoms with Gasteiger partial charge >= 0.3 is 0 Å². The Bertz CT molecular complexity index is 990. The van der Waals surface area contributed by atoms with Crippen LogP contribution in [0, 0.1) is 0 Å². The molecule has 0 saturated carbocycles. The molecular formula is C23H26N4O3S. The number of hydrogen-bond donors (Lipinski definition) is 1. The number of thioether (sulfide) groups is 1. The number of para-hydroxylation sites is 1. The zero-order chi connectivity index (χ0) is 22.1. The summed E-state index contributed by atoms with van der Waals surface area (Å²) >= 11 is 1.32. The molecule has 162 valence electrons. The Balaban J connectivity index is 1.61. The van der Waals surface area contributed by atoms with Gasteiger partial charge in [0.15, 0.2) is 17.1 Å². The third-order valence-corrected chi connectivity index (χ3v) is 5.23. The number of carbonyl (C=O) groups is 1. The number of hydrogen-bond acceptors (Lipinski definition) is 6. The lowest BCUT2D eigenvalue weighted by Gasteiger charge is -2.15. The van der Waals surface area contributed by atoms with Crippen molar-refractivity contribution in [2.45, 2.75) is 31.7 Å². The first-order valence-electron chi connectivity index (χ1n) is 10.0. The van der Waals surface area contributed by atoms with Crippen molar-refractivity contribution in [3.63, 3.8) is 0 Å². The fourth-order valence-electron chi connectivity index (χ4n) is 2.89. The molecule has 0 saturated heterocycles. The molecule has 31 heavy (non-hydrogen) atoms. The summed E-state index contributed by atoms with van der Waals surface area (Å²) in [7, 11) is 0. The number of allylic oxidation sites excluding steroid dienone is 1. The quantitative estimate of drug-likeness (QED) is 0.344. The topological polar surface area (TPSA) is 78.3 Å². The lowest BCUT2D eigenvalue weighted by atomic mass is 10.3. The van der Waals surface area contributed by atoms with Crippen LogP contribution in [0.1, 0.15) is 25.8 Å². The van der Waals surface area contributed by atoms with Crippen LogP contribution >= 0.6 is 11.8 Å². The van der Waals surface area contributed by atoms with Gasteiger partial charge in [0.2, 0.25) is 5.91 Å². The van der Waals surface area contributed by atoms with Crippen molar-refractivity contribution in [2.24, 2.45) is 0 Å². The zero-order valence-corrected chi connectivity index (χ0v) is 18.5. The minimum Gasteiger partial charge on any atom is -0.494 e. The van der Waals surface area contributed by atoms with E-state index in [0.717, 1.165) is 11.5 Å². The van der Waals surface area contributed by atoms with Gasteiger partial charge in [-0.1, -0.05) is 36.0 Å². The standard InChI is InChI=1S/C23H26N4O3S/c1-4-15-27-22(17(3)30-20-9-7-6-8-10-20)25-26-23(27)31-16-21(28)24-18-11-13-19(14-12-18)29-5-2/h4,6-14,17H,1,5,15-16H2,2-3H3,(H,24,28)/t17-/m1/s1. The van der Waals surface area contributed by atoms with Crippen LogP contribution in [0.2, 0.25) is 0 Å². The molecule has 0 aliphatic carbocycles. The molecule has 0 fully saturated rings. The summed E-state index contributed by atoms with van der Waals surface area (Å²) < 4.78 is 13.3. The lowest BCUT2D eigenvalue weighted by molar-refractivity contribution is -0.113. The second kappa shape index (κ2) is 11.2. The van der Waals surface area contributed by atoms with Crippen molar-refractivity contribution in [1.29, 1.82) is 0 Å². The molecule has 3 rings (SSSR count). The second-order valence-electron chi connectivity index (χ2n) is 6.61. The Hall–Kier alpha value is -3.26. The second-order valence-corrected chi connectivity index (χ2v) is 7.55. The smallest absolute Gasteiger partial charge is 0.234 e. The monoisotopic (exact) mass is 438 g/mol. The fourth-order valence-corrected chi connectivity index (χ4v) is 3.65. The third-order valence-electron chi connectivity index (χ3n) is 4.26. The number of nitrogens with one attached hydrogen (secondary N) is 1. The first-order chi connectivity index (χ1) is 15.1. The molecule has 1 N–H and O–H groups in total. The minimum absolute atomic E-state index is 0.127. The summed E-state index contributed by atoms with van der Waals surface area (Å²) in [6, 6.07) is 16.8. The first-order valence-corrected chi connectivity index (χ1v) is 11.0. The fraction of sp³-hybridized carbons (Fsp3) is 0.261. The molecule has 0 spiro atoms. The summed E-state index contributed by atoms with van der Waals surface area (Å²) in [5.74, 6) is 2.28. The number of amides is 1. The first kappa shape index (κ1) is 22.4. The largest absolute Gasteiger partial charge is 0.494 e. The van der Waals surface area contributed by atoms with Gasteiger partial charge < -0.3 is 14.8 Å². The van der Waals surface area contributed by atoms with Gasteiger partial charge in [0.05, 0.1) is 12.4 Å². The van der Waals surface area contributed by atoms with Crippen LogP contribution in [-0.2, 0) is 11.3 Å². The van der Waals surface area contributed by atoms with Gasteiger partial charge in [0.1, 0.15) is 11.5 Å². The Morgan fingerprint density at radius 1 is 1.16 bits per heavy atom. The van der Waals surface area contributed by atoms with Crippen LogP contribution in [0.4, 0.5) is 5.69 Å². The van der Waals surface area contributed by atoms with Crippen LogP contribution in [0.15, 0.2) is 72.4 Å². The predicted octanol–water partition coefficient (Wildman–Crippen LogP) is 4.73. The van der Waals surface area contributed by atoms with Gasteiger partial charge in [-0.15, -0.1) is 16.8 Å². The highest BCUT2D eigenvalue weighted by Crippen LogP contribution is 2.25. The highest BCUT2D eigenvalue weighted by Gasteiger charge is 2.19. The van der Waals surface area contributed by atoms with E-state index in [1.165, 1.54) is 11.8 Å². The molecule has 1 atom stereocenters. The van der Waals surface area contributed by atoms with E-state index in [0.29, 0.717) is 29.8 Å². The predicted molar refractivity (Wildman–Crippen MR) is 123 cm³/mol. The number of aromatic nitrogens is 3. The molecular weight excluding hydrogens is 412 g/mol. The van der Waals surface area contributed by atoms with E-state index in [1.807, 2.05) is 73.0 Å². The van der Waals surface area contributed by atoms with E-state index in [-0.39, 0.29) is 17.8 Å². The van der Waals surface area contributed by atoms with Crippen molar-refractivity contribution in [1.82, 2.24) is 14.8 Å². The highest BCUT2D eigenvalue weighted by atomic mass is 32.2. The van der Waals surface area contributed by atoms with Crippen LogP contribution in [-0.4, -0.2) is 33.0 Å². The Morgan fingerprint density at radius 3 is 2.58 bits per heavy atom. The average Bonchev–Trinajstić information content (AvgIpc) is 3.17. The molecule has 1 heterocycles. The maximum atomic E-state index is 12.4. The van der Waals surface area contributed by atoms with Crippen LogP contribution in [0.3, 0.4) is 0 Å². The molecule has 3 aromatic rings. The molecule has 2 aromatic carbocycles. The van der Waals surface area contributed by atoms with Crippen LogP contribution in [0.5, 0.6) is 11.5 Å². The Kier molecular flexibility index (Phi) is 8.12. The summed E-state index contributed by atoms with van der Waals surface area (Å²) in [6.45, 7) is 8.79. The normalized spacial score (nSPS) is 11.5. The molecule has 0 unspecified atom stereocenters. The molecule has 8 heteroatoms. The van der Waals surface area contributed by atoms with Crippen molar-refractivity contribution in [3.05, 3.63) is 73.1 Å². The number of rotatable bonds is 11. The van der Waals surface area contributed by atoms with Gasteiger partial charge in [-0.25, -0.2) is 0 Å². The number of anilines is 1. The van der Waals surface area contributed by atoms with E-state index in [2.05, 4.69) is 22.1 Å². The molecule has 7 nitrogen and oxygen atoms in total. The van der Waals surface area contributed by atoms with Gasteiger partial charge in [-0.2, -0.15) is 0 Å². The van der Waals surface area contributed by atoms with Gasteiger partial charge in [0.25, 0.3) is 0 Å². The Labute approximate surface area is 186 Å². The lowest BCUT2D eigenvalue weighted by Crippen LogP contribution is -2.15. The van der Waals surface area contributed by atoms with Gasteiger partial charge in [-0.05, 0) is 50.2 Å². The number of benzene rings is 2. The van der Waals surface area contributed by atoms with E-state index in [9.17, 15) is 4.79 Å². The van der Waals surface area contributed by atoms with Gasteiger partial charge in [-0.3, -0.25) is 9.36 Å². The van der Waals surface area contributed by atoms with E-state index < -0.39 is 0 Å². The number of nitrogens with zero attached hydrogens (tertiary/aromatic N) is 3. The molecule has 0 aliphatic rings. The molecule has 0 bridgehead atoms. The number of ether oxygens (including phenoxy) is 2. The Morgan fingerprint density at radius 2 is 1.90 bits per heavy atom. The molecule has 0 aliphatic heterocycles. The summed E-state index contributed by atoms with van der Waals surface area (Å²) in [6.07, 6.45) is 1.47. The van der Waals surface area contributed by atoms with E-state index in [1.54, 1.807) is 6.08 Å². The van der Waals surface area contributed by atoms with Crippen molar-refractivity contribution in [2.75, 3.05) is 17.7 Å². The van der Waals surface area contributed by atoms with Gasteiger partial charge in [0, 0.05) is 12.2 Å². The van der Waals surface area contributed by atoms with E-state index in [4.69, 9.17) is 9.47 Å². The summed E-state index contributed by atoms with van der Waals surface area (Å²) in [5, 5.41) is 12.1. The van der Waals surface area contributed by atoms with Crippen molar-refractivity contribution < 1.29 is 14.3 Å². The molecule has 1 amide bonds. The maximum Gasteiger partial charge on any atom is 0.234 e. The van der Waals surface area contributed by atoms with Crippen molar-refractivity contribution in [3.8, 4) is 11.5 Å². The van der Waals surface area contributed by atoms with E-state index >= 15 is 0 Å². The van der Waals surface area contributed by atoms with Crippen LogP contribution in [0.25, 0.3) is 0 Å². The number of carbonyl (C=O) groups excluding carboxylic acids is 1.